The molecule has 1 heterocycles. The third-order valence-corrected chi connectivity index (χ3v) is 4.79. The van der Waals surface area contributed by atoms with Gasteiger partial charge in [-0.2, -0.15) is 18.3 Å². The second-order valence-corrected chi connectivity index (χ2v) is 7.14. The maximum Gasteiger partial charge on any atom is 0.434 e. The van der Waals surface area contributed by atoms with Crippen LogP contribution in [0.4, 0.5) is 28.9 Å². The molecule has 0 unspecified atom stereocenters. The molecule has 2 N–H and O–H groups in total. The molecule has 2 amide bonds. The Kier molecular flexibility index (Phi) is 6.13. The lowest BCUT2D eigenvalue weighted by Crippen LogP contribution is -2.20. The standard InChI is InChI=1S/C24H16F4N4O2/c25-16-8-12-19(13-9-16)32-21(24(26,27)28)20(14-29-32)23(34)31-18-10-6-15(7-11-18)22(33)30-17-4-2-1-3-5-17/h1-14H,(H,30,33)(H,31,34). The highest BCUT2D eigenvalue weighted by Gasteiger charge is 2.40. The first kappa shape index (κ1) is 22.7. The molecule has 172 valence electrons. The van der Waals surface area contributed by atoms with E-state index in [2.05, 4.69) is 15.7 Å². The summed E-state index contributed by atoms with van der Waals surface area (Å²) < 4.78 is 55.0. The highest BCUT2D eigenvalue weighted by atomic mass is 19.4. The predicted molar refractivity (Wildman–Crippen MR) is 117 cm³/mol. The number of hydrogen-bond donors (Lipinski definition) is 2. The Morgan fingerprint density at radius 2 is 1.35 bits per heavy atom. The van der Waals surface area contributed by atoms with Crippen LogP contribution in [-0.2, 0) is 6.18 Å². The average Bonchev–Trinajstić information content (AvgIpc) is 3.27. The molecule has 0 aliphatic heterocycles. The van der Waals surface area contributed by atoms with Crippen molar-refractivity contribution in [2.75, 3.05) is 10.6 Å². The average molecular weight is 468 g/mol. The molecule has 6 nitrogen and oxygen atoms in total. The van der Waals surface area contributed by atoms with Crippen molar-refractivity contribution in [3.8, 4) is 5.69 Å². The fourth-order valence-electron chi connectivity index (χ4n) is 3.19. The zero-order valence-corrected chi connectivity index (χ0v) is 17.3. The molecule has 4 aromatic rings. The number of benzene rings is 3. The third-order valence-electron chi connectivity index (χ3n) is 4.79. The molecule has 0 aliphatic carbocycles. The predicted octanol–water partition coefficient (Wildman–Crippen LogP) is 5.53. The minimum atomic E-state index is -4.91. The molecular formula is C24H16F4N4O2. The van der Waals surface area contributed by atoms with Crippen LogP contribution in [-0.4, -0.2) is 21.6 Å². The van der Waals surface area contributed by atoms with E-state index in [0.29, 0.717) is 15.9 Å². The lowest BCUT2D eigenvalue weighted by atomic mass is 10.1. The molecule has 10 heteroatoms. The van der Waals surface area contributed by atoms with Crippen LogP contribution in [0.1, 0.15) is 26.4 Å². The van der Waals surface area contributed by atoms with Gasteiger partial charge in [0.25, 0.3) is 11.8 Å². The number of amides is 2. The number of alkyl halides is 3. The number of rotatable bonds is 5. The van der Waals surface area contributed by atoms with Gasteiger partial charge in [-0.05, 0) is 60.7 Å². The van der Waals surface area contributed by atoms with Crippen molar-refractivity contribution < 1.29 is 27.2 Å². The summed E-state index contributed by atoms with van der Waals surface area (Å²) in [7, 11) is 0. The highest BCUT2D eigenvalue weighted by Crippen LogP contribution is 2.34. The van der Waals surface area contributed by atoms with Crippen LogP contribution >= 0.6 is 0 Å². The number of anilines is 2. The Labute approximate surface area is 190 Å². The summed E-state index contributed by atoms with van der Waals surface area (Å²) in [5.41, 5.74) is -0.978. The van der Waals surface area contributed by atoms with E-state index in [1.54, 1.807) is 30.3 Å². The van der Waals surface area contributed by atoms with Gasteiger partial charge in [-0.3, -0.25) is 9.59 Å². The summed E-state index contributed by atoms with van der Waals surface area (Å²) in [6, 6.07) is 18.7. The van der Waals surface area contributed by atoms with Crippen LogP contribution in [0.15, 0.2) is 85.1 Å². The van der Waals surface area contributed by atoms with E-state index < -0.39 is 29.2 Å². The fourth-order valence-corrected chi connectivity index (χ4v) is 3.19. The van der Waals surface area contributed by atoms with Gasteiger partial charge in [0.2, 0.25) is 0 Å². The van der Waals surface area contributed by atoms with Gasteiger partial charge in [0.15, 0.2) is 5.69 Å². The SMILES string of the molecule is O=C(Nc1ccccc1)c1ccc(NC(=O)c2cnn(-c3ccc(F)cc3)c2C(F)(F)F)cc1. The van der Waals surface area contributed by atoms with Crippen molar-refractivity contribution >= 4 is 23.2 Å². The normalized spacial score (nSPS) is 11.2. The minimum absolute atomic E-state index is 0.0541. The smallest absolute Gasteiger partial charge is 0.322 e. The molecule has 3 aromatic carbocycles. The number of para-hydroxylation sites is 1. The van der Waals surface area contributed by atoms with E-state index in [0.717, 1.165) is 30.5 Å². The molecule has 0 aliphatic rings. The lowest BCUT2D eigenvalue weighted by Gasteiger charge is -2.13. The van der Waals surface area contributed by atoms with Crippen molar-refractivity contribution in [3.63, 3.8) is 0 Å². The van der Waals surface area contributed by atoms with Crippen LogP contribution in [0.25, 0.3) is 5.69 Å². The number of hydrogen-bond acceptors (Lipinski definition) is 3. The highest BCUT2D eigenvalue weighted by molar-refractivity contribution is 6.06. The van der Waals surface area contributed by atoms with Gasteiger partial charge >= 0.3 is 6.18 Å². The summed E-state index contributed by atoms with van der Waals surface area (Å²) in [6.07, 6.45) is -4.11. The van der Waals surface area contributed by atoms with Crippen molar-refractivity contribution in [1.82, 2.24) is 9.78 Å². The summed E-state index contributed by atoms with van der Waals surface area (Å²) in [5.74, 6) is -2.05. The van der Waals surface area contributed by atoms with Crippen molar-refractivity contribution in [2.45, 2.75) is 6.18 Å². The zero-order valence-electron chi connectivity index (χ0n) is 17.3. The Morgan fingerprint density at radius 1 is 0.765 bits per heavy atom. The Bertz CT molecular complexity index is 1320. The first-order valence-electron chi connectivity index (χ1n) is 9.91. The molecule has 4 rings (SSSR count). The Balaban J connectivity index is 1.53. The number of nitrogens with zero attached hydrogens (tertiary/aromatic N) is 2. The van der Waals surface area contributed by atoms with Crippen molar-refractivity contribution in [1.29, 1.82) is 0 Å². The molecule has 0 atom stereocenters. The Morgan fingerprint density at radius 3 is 1.97 bits per heavy atom. The number of carbonyl (C=O) groups is 2. The third kappa shape index (κ3) is 4.96. The number of aromatic nitrogens is 2. The van der Waals surface area contributed by atoms with Crippen molar-refractivity contribution in [3.05, 3.63) is 108 Å². The summed E-state index contributed by atoms with van der Waals surface area (Å²) in [4.78, 5) is 25.0. The van der Waals surface area contributed by atoms with Crippen LogP contribution in [0.2, 0.25) is 0 Å². The second kappa shape index (κ2) is 9.18. The maximum absolute atomic E-state index is 13.8. The first-order chi connectivity index (χ1) is 16.2. The van der Waals surface area contributed by atoms with E-state index >= 15 is 0 Å². The maximum atomic E-state index is 13.8. The number of nitrogens with one attached hydrogen (secondary N) is 2. The molecule has 0 saturated carbocycles. The molecule has 34 heavy (non-hydrogen) atoms. The topological polar surface area (TPSA) is 76.0 Å². The fraction of sp³-hybridized carbons (Fsp3) is 0.0417. The van der Waals surface area contributed by atoms with Gasteiger partial charge in [-0.25, -0.2) is 9.07 Å². The zero-order chi connectivity index (χ0) is 24.3. The quantitative estimate of drug-likeness (QED) is 0.378. The summed E-state index contributed by atoms with van der Waals surface area (Å²) in [5, 5.41) is 8.76. The van der Waals surface area contributed by atoms with Crippen LogP contribution in [0.5, 0.6) is 0 Å². The van der Waals surface area contributed by atoms with Crippen LogP contribution in [0.3, 0.4) is 0 Å². The Hall–Kier alpha value is -4.47. The molecule has 1 aromatic heterocycles. The minimum Gasteiger partial charge on any atom is -0.322 e. The second-order valence-electron chi connectivity index (χ2n) is 7.14. The summed E-state index contributed by atoms with van der Waals surface area (Å²) >= 11 is 0. The van der Waals surface area contributed by atoms with E-state index in [9.17, 15) is 27.2 Å². The van der Waals surface area contributed by atoms with Crippen LogP contribution < -0.4 is 10.6 Å². The molecule has 0 bridgehead atoms. The number of carbonyl (C=O) groups excluding carboxylic acids is 2. The van der Waals surface area contributed by atoms with E-state index in [1.165, 1.54) is 24.3 Å². The lowest BCUT2D eigenvalue weighted by molar-refractivity contribution is -0.143. The van der Waals surface area contributed by atoms with Gasteiger partial charge in [-0.15, -0.1) is 0 Å². The van der Waals surface area contributed by atoms with E-state index in [-0.39, 0.29) is 17.3 Å². The van der Waals surface area contributed by atoms with Gasteiger partial charge in [0.05, 0.1) is 17.4 Å². The summed E-state index contributed by atoms with van der Waals surface area (Å²) in [6.45, 7) is 0. The molecule has 0 spiro atoms. The van der Waals surface area contributed by atoms with Crippen LogP contribution in [0, 0.1) is 5.82 Å². The van der Waals surface area contributed by atoms with E-state index in [4.69, 9.17) is 0 Å². The van der Waals surface area contributed by atoms with Gasteiger partial charge in [0.1, 0.15) is 5.82 Å². The van der Waals surface area contributed by atoms with Crippen molar-refractivity contribution in [2.24, 2.45) is 0 Å². The largest absolute Gasteiger partial charge is 0.434 e. The molecule has 0 saturated heterocycles. The molecule has 0 radical (unpaired) electrons. The van der Waals surface area contributed by atoms with E-state index in [1.807, 2.05) is 0 Å². The molecule has 0 fully saturated rings. The number of halogens is 4. The first-order valence-corrected chi connectivity index (χ1v) is 9.91. The van der Waals surface area contributed by atoms with Gasteiger partial charge in [-0.1, -0.05) is 18.2 Å². The monoisotopic (exact) mass is 468 g/mol. The van der Waals surface area contributed by atoms with Gasteiger partial charge in [0, 0.05) is 16.9 Å². The molecular weight excluding hydrogens is 452 g/mol. The van der Waals surface area contributed by atoms with Gasteiger partial charge < -0.3 is 10.6 Å².